The molecule has 1 aromatic rings. The zero-order valence-corrected chi connectivity index (χ0v) is 7.73. The van der Waals surface area contributed by atoms with E-state index in [1.165, 1.54) is 7.11 Å². The Bertz CT molecular complexity index is 365. The molecular formula is C10H10N2O2. The highest BCUT2D eigenvalue weighted by atomic mass is 16.5. The van der Waals surface area contributed by atoms with Crippen LogP contribution in [0.25, 0.3) is 0 Å². The molecule has 14 heavy (non-hydrogen) atoms. The average Bonchev–Trinajstić information content (AvgIpc) is 2.27. The summed E-state index contributed by atoms with van der Waals surface area (Å²) in [6, 6.07) is 7.69. The number of benzene rings is 1. The molecule has 1 rings (SSSR count). The minimum Gasteiger partial charge on any atom is -0.468 e. The smallest absolute Gasteiger partial charge is 0.327 e. The van der Waals surface area contributed by atoms with E-state index in [-0.39, 0.29) is 0 Å². The molecule has 0 saturated heterocycles. The van der Waals surface area contributed by atoms with E-state index in [0.717, 1.165) is 0 Å². The Labute approximate surface area is 81.9 Å². The number of nitrogens with zero attached hydrogens (tertiary/aromatic N) is 1. The van der Waals surface area contributed by atoms with Gasteiger partial charge in [-0.3, -0.25) is 4.79 Å². The van der Waals surface area contributed by atoms with Crippen molar-refractivity contribution in [1.82, 2.24) is 0 Å². The van der Waals surface area contributed by atoms with Crippen molar-refractivity contribution in [2.45, 2.75) is 6.04 Å². The molecule has 0 aliphatic carbocycles. The summed E-state index contributed by atoms with van der Waals surface area (Å²) in [7, 11) is 1.28. The molecule has 2 N–H and O–H groups in total. The largest absolute Gasteiger partial charge is 0.468 e. The maximum absolute atomic E-state index is 11.1. The molecule has 0 radical (unpaired) electrons. The van der Waals surface area contributed by atoms with Crippen LogP contribution in [-0.2, 0) is 9.53 Å². The van der Waals surface area contributed by atoms with Crippen LogP contribution in [0.3, 0.4) is 0 Å². The SMILES string of the molecule is COC(=O)C(N)c1ccc(C#N)cc1. The molecular weight excluding hydrogens is 180 g/mol. The number of esters is 1. The standard InChI is InChI=1S/C10H10N2O2/c1-14-10(13)9(12)8-4-2-7(6-11)3-5-8/h2-5,9H,12H2,1H3. The van der Waals surface area contributed by atoms with Gasteiger partial charge in [-0.25, -0.2) is 0 Å². The molecule has 1 unspecified atom stereocenters. The molecule has 0 saturated carbocycles. The third kappa shape index (κ3) is 2.09. The second kappa shape index (κ2) is 4.40. The molecule has 0 heterocycles. The van der Waals surface area contributed by atoms with E-state index in [1.54, 1.807) is 24.3 Å². The number of methoxy groups -OCH3 is 1. The lowest BCUT2D eigenvalue weighted by molar-refractivity contribution is -0.142. The quantitative estimate of drug-likeness (QED) is 0.697. The molecule has 0 aromatic heterocycles. The summed E-state index contributed by atoms with van der Waals surface area (Å²) < 4.78 is 4.49. The first-order valence-corrected chi connectivity index (χ1v) is 4.02. The Morgan fingerprint density at radius 2 is 2.07 bits per heavy atom. The van der Waals surface area contributed by atoms with E-state index in [9.17, 15) is 4.79 Å². The van der Waals surface area contributed by atoms with Crippen LogP contribution < -0.4 is 5.73 Å². The number of nitriles is 1. The third-order valence-corrected chi connectivity index (χ3v) is 1.85. The van der Waals surface area contributed by atoms with Gasteiger partial charge in [-0.15, -0.1) is 0 Å². The molecule has 72 valence electrons. The zero-order chi connectivity index (χ0) is 10.6. The lowest BCUT2D eigenvalue weighted by atomic mass is 10.1. The first-order chi connectivity index (χ1) is 6.69. The van der Waals surface area contributed by atoms with Crippen molar-refractivity contribution < 1.29 is 9.53 Å². The average molecular weight is 190 g/mol. The summed E-state index contributed by atoms with van der Waals surface area (Å²) in [5.74, 6) is -0.491. The highest BCUT2D eigenvalue weighted by molar-refractivity contribution is 5.77. The summed E-state index contributed by atoms with van der Waals surface area (Å²) in [5.41, 5.74) is 6.75. The van der Waals surface area contributed by atoms with Crippen molar-refractivity contribution in [1.29, 1.82) is 5.26 Å². The number of hydrogen-bond acceptors (Lipinski definition) is 4. The second-order valence-electron chi connectivity index (χ2n) is 2.73. The summed E-state index contributed by atoms with van der Waals surface area (Å²) in [6.45, 7) is 0. The summed E-state index contributed by atoms with van der Waals surface area (Å²) >= 11 is 0. The van der Waals surface area contributed by atoms with Gasteiger partial charge in [0.2, 0.25) is 0 Å². The fraction of sp³-hybridized carbons (Fsp3) is 0.200. The van der Waals surface area contributed by atoms with Crippen LogP contribution in [-0.4, -0.2) is 13.1 Å². The Hall–Kier alpha value is -1.86. The Morgan fingerprint density at radius 3 is 2.50 bits per heavy atom. The molecule has 4 nitrogen and oxygen atoms in total. The number of rotatable bonds is 2. The monoisotopic (exact) mass is 190 g/mol. The highest BCUT2D eigenvalue weighted by Gasteiger charge is 2.15. The van der Waals surface area contributed by atoms with Crippen molar-refractivity contribution in [3.63, 3.8) is 0 Å². The van der Waals surface area contributed by atoms with Crippen LogP contribution in [0, 0.1) is 11.3 Å². The van der Waals surface area contributed by atoms with Gasteiger partial charge in [0.1, 0.15) is 6.04 Å². The van der Waals surface area contributed by atoms with Crippen molar-refractivity contribution >= 4 is 5.97 Å². The van der Waals surface area contributed by atoms with E-state index in [4.69, 9.17) is 11.0 Å². The third-order valence-electron chi connectivity index (χ3n) is 1.85. The predicted octanol–water partition coefficient (Wildman–Crippen LogP) is 0.731. The van der Waals surface area contributed by atoms with Crippen molar-refractivity contribution in [3.8, 4) is 6.07 Å². The van der Waals surface area contributed by atoms with Gasteiger partial charge in [-0.05, 0) is 17.7 Å². The minimum absolute atomic E-state index is 0.491. The summed E-state index contributed by atoms with van der Waals surface area (Å²) in [5, 5.41) is 8.55. The van der Waals surface area contributed by atoms with Gasteiger partial charge in [-0.1, -0.05) is 12.1 Å². The van der Waals surface area contributed by atoms with Crippen LogP contribution >= 0.6 is 0 Å². The van der Waals surface area contributed by atoms with Crippen LogP contribution in [0.1, 0.15) is 17.2 Å². The fourth-order valence-corrected chi connectivity index (χ4v) is 1.03. The van der Waals surface area contributed by atoms with Gasteiger partial charge in [0.05, 0.1) is 18.7 Å². The molecule has 0 amide bonds. The summed E-state index contributed by atoms with van der Waals surface area (Å²) in [6.07, 6.45) is 0. The molecule has 1 atom stereocenters. The number of carbonyl (C=O) groups excluding carboxylic acids is 1. The number of ether oxygens (including phenoxy) is 1. The number of carbonyl (C=O) groups is 1. The van der Waals surface area contributed by atoms with E-state index in [2.05, 4.69) is 4.74 Å². The maximum atomic E-state index is 11.1. The predicted molar refractivity (Wildman–Crippen MR) is 50.1 cm³/mol. The Kier molecular flexibility index (Phi) is 3.21. The lowest BCUT2D eigenvalue weighted by Crippen LogP contribution is -2.22. The second-order valence-corrected chi connectivity index (χ2v) is 2.73. The maximum Gasteiger partial charge on any atom is 0.327 e. The topological polar surface area (TPSA) is 76.1 Å². The van der Waals surface area contributed by atoms with Gasteiger partial charge in [0, 0.05) is 0 Å². The van der Waals surface area contributed by atoms with Gasteiger partial charge in [-0.2, -0.15) is 5.26 Å². The van der Waals surface area contributed by atoms with Crippen LogP contribution in [0.4, 0.5) is 0 Å². The first-order valence-electron chi connectivity index (χ1n) is 4.02. The Balaban J connectivity index is 2.88. The minimum atomic E-state index is -0.784. The van der Waals surface area contributed by atoms with Crippen LogP contribution in [0.15, 0.2) is 24.3 Å². The van der Waals surface area contributed by atoms with Gasteiger partial charge >= 0.3 is 5.97 Å². The fourth-order valence-electron chi connectivity index (χ4n) is 1.03. The molecule has 1 aromatic carbocycles. The lowest BCUT2D eigenvalue weighted by Gasteiger charge is -2.08. The van der Waals surface area contributed by atoms with Gasteiger partial charge < -0.3 is 10.5 Å². The van der Waals surface area contributed by atoms with E-state index in [1.807, 2.05) is 6.07 Å². The van der Waals surface area contributed by atoms with Gasteiger partial charge in [0.15, 0.2) is 0 Å². The first kappa shape index (κ1) is 10.2. The molecule has 0 fully saturated rings. The summed E-state index contributed by atoms with van der Waals surface area (Å²) in [4.78, 5) is 11.1. The zero-order valence-electron chi connectivity index (χ0n) is 7.73. The van der Waals surface area contributed by atoms with Crippen LogP contribution in [0.2, 0.25) is 0 Å². The highest BCUT2D eigenvalue weighted by Crippen LogP contribution is 2.12. The molecule has 0 aliphatic rings. The van der Waals surface area contributed by atoms with E-state index >= 15 is 0 Å². The molecule has 0 spiro atoms. The van der Waals surface area contributed by atoms with Crippen molar-refractivity contribution in [2.75, 3.05) is 7.11 Å². The van der Waals surface area contributed by atoms with E-state index < -0.39 is 12.0 Å². The molecule has 0 bridgehead atoms. The normalized spacial score (nSPS) is 11.5. The molecule has 4 heteroatoms. The van der Waals surface area contributed by atoms with Crippen LogP contribution in [0.5, 0.6) is 0 Å². The van der Waals surface area contributed by atoms with Crippen molar-refractivity contribution in [2.24, 2.45) is 5.73 Å². The number of hydrogen-bond donors (Lipinski definition) is 1. The van der Waals surface area contributed by atoms with Crippen molar-refractivity contribution in [3.05, 3.63) is 35.4 Å². The Morgan fingerprint density at radius 1 is 1.50 bits per heavy atom. The van der Waals surface area contributed by atoms with E-state index in [0.29, 0.717) is 11.1 Å². The van der Waals surface area contributed by atoms with Gasteiger partial charge in [0.25, 0.3) is 0 Å². The molecule has 0 aliphatic heterocycles. The number of nitrogens with two attached hydrogens (primary N) is 1.